The number of nitrogens with one attached hydrogen (secondary N) is 1. The molecule has 2 saturated carbocycles. The van der Waals surface area contributed by atoms with Crippen LogP contribution in [-0.2, 0) is 38.1 Å². The third kappa shape index (κ3) is 7.21. The summed E-state index contributed by atoms with van der Waals surface area (Å²) in [5.74, 6) is -11.1. The van der Waals surface area contributed by atoms with Crippen molar-refractivity contribution >= 4 is 29.8 Å². The van der Waals surface area contributed by atoms with Crippen LogP contribution in [0.5, 0.6) is 0 Å². The fourth-order valence-electron chi connectivity index (χ4n) is 9.55. The maximum atomic E-state index is 16.6. The standard InChI is InChI=1S/C43H51F2NO13/c1-22-26(56-36(52)43(44,45)32(24-15-11-9-12-16-24)46-37(53)59-38(3,4)5)20-42(54)34(57-35(51)25-17-13-10-14-18-25)31-40(8,33(50)30(49)29(22)39(42,6)7)27(48)19-28-41(31,21-55-28)58-23(2)47/h9-18,26-28,30-32,34,48-49,54H,19-21H2,1-8H3,(H,46,53)/t26-,27-,28+,30+,31-,32?,34-,40+,41-,42+/m0/s1. The van der Waals surface area contributed by atoms with E-state index in [-0.39, 0.29) is 35.3 Å². The molecule has 1 aliphatic heterocycles. The lowest BCUT2D eigenvalue weighted by atomic mass is 9.44. The van der Waals surface area contributed by atoms with Crippen molar-refractivity contribution in [2.75, 3.05) is 6.61 Å². The first-order valence-electron chi connectivity index (χ1n) is 19.4. The Morgan fingerprint density at radius 2 is 1.54 bits per heavy atom. The van der Waals surface area contributed by atoms with Crippen LogP contribution in [0.2, 0.25) is 0 Å². The second-order valence-electron chi connectivity index (χ2n) is 17.7. The Kier molecular flexibility index (Phi) is 11.2. The van der Waals surface area contributed by atoms with Crippen LogP contribution in [0.4, 0.5) is 13.6 Å². The molecule has 59 heavy (non-hydrogen) atoms. The van der Waals surface area contributed by atoms with Crippen molar-refractivity contribution in [2.45, 2.75) is 128 Å². The molecular weight excluding hydrogens is 776 g/mol. The molecule has 1 saturated heterocycles. The summed E-state index contributed by atoms with van der Waals surface area (Å²) in [5.41, 5.74) is -9.77. The zero-order valence-electron chi connectivity index (χ0n) is 34.1. The number of halogens is 2. The van der Waals surface area contributed by atoms with E-state index in [1.165, 1.54) is 84.9 Å². The summed E-state index contributed by atoms with van der Waals surface area (Å²) < 4.78 is 62.0. The van der Waals surface area contributed by atoms with Gasteiger partial charge in [0.25, 0.3) is 0 Å². The summed E-state index contributed by atoms with van der Waals surface area (Å²) in [7, 11) is 0. The molecule has 3 aliphatic carbocycles. The second-order valence-corrected chi connectivity index (χ2v) is 17.7. The number of carbonyl (C=O) groups is 5. The number of alkyl halides is 2. The van der Waals surface area contributed by atoms with Gasteiger partial charge in [-0.3, -0.25) is 9.59 Å². The molecule has 1 amide bonds. The fraction of sp³-hybridized carbons (Fsp3) is 0.558. The van der Waals surface area contributed by atoms with Gasteiger partial charge >= 0.3 is 29.9 Å². The van der Waals surface area contributed by atoms with E-state index >= 15 is 8.78 Å². The Bertz CT molecular complexity index is 2030. The highest BCUT2D eigenvalue weighted by molar-refractivity contribution is 5.94. The molecule has 2 bridgehead atoms. The first-order valence-corrected chi connectivity index (χ1v) is 19.4. The lowest BCUT2D eigenvalue weighted by molar-refractivity contribution is -0.346. The quantitative estimate of drug-likeness (QED) is 0.164. The lowest BCUT2D eigenvalue weighted by Crippen LogP contribution is -2.81. The van der Waals surface area contributed by atoms with E-state index in [1.807, 2.05) is 0 Å². The summed E-state index contributed by atoms with van der Waals surface area (Å²) in [6, 6.07) is 12.2. The molecule has 6 rings (SSSR count). The van der Waals surface area contributed by atoms with Gasteiger partial charge in [-0.05, 0) is 63.5 Å². The van der Waals surface area contributed by atoms with Gasteiger partial charge in [-0.25, -0.2) is 14.4 Å². The minimum atomic E-state index is -4.50. The van der Waals surface area contributed by atoms with Crippen LogP contribution in [0, 0.1) is 16.7 Å². The Morgan fingerprint density at radius 3 is 2.08 bits per heavy atom. The predicted octanol–water partition coefficient (Wildman–Crippen LogP) is 4.53. The van der Waals surface area contributed by atoms with Gasteiger partial charge in [0.15, 0.2) is 11.4 Å². The number of ether oxygens (including phenoxy) is 5. The highest BCUT2D eigenvalue weighted by atomic mass is 19.3. The van der Waals surface area contributed by atoms with Crippen LogP contribution >= 0.6 is 0 Å². The number of rotatable bonds is 8. The molecule has 0 aromatic heterocycles. The third-order valence-electron chi connectivity index (χ3n) is 12.6. The van der Waals surface area contributed by atoms with E-state index in [0.717, 1.165) is 6.92 Å². The predicted molar refractivity (Wildman–Crippen MR) is 203 cm³/mol. The van der Waals surface area contributed by atoms with Crippen molar-refractivity contribution in [1.82, 2.24) is 5.32 Å². The summed E-state index contributed by atoms with van der Waals surface area (Å²) in [6.07, 6.45) is -10.8. The van der Waals surface area contributed by atoms with Crippen LogP contribution in [0.25, 0.3) is 0 Å². The summed E-state index contributed by atoms with van der Waals surface area (Å²) in [4.78, 5) is 68.6. The molecule has 1 unspecified atom stereocenters. The normalized spacial score (nSPS) is 33.1. The molecule has 2 aromatic rings. The summed E-state index contributed by atoms with van der Waals surface area (Å²) in [6.45, 7) is 10.9. The van der Waals surface area contributed by atoms with Crippen molar-refractivity contribution in [3.05, 3.63) is 82.9 Å². The number of fused-ring (bicyclic) bond motifs is 5. The van der Waals surface area contributed by atoms with Crippen LogP contribution in [-0.4, -0.2) is 105 Å². The largest absolute Gasteiger partial charge is 0.455 e. The summed E-state index contributed by atoms with van der Waals surface area (Å²) in [5, 5.41) is 39.4. The molecule has 0 radical (unpaired) electrons. The molecule has 1 heterocycles. The number of amides is 1. The Labute approximate surface area is 340 Å². The van der Waals surface area contributed by atoms with Crippen molar-refractivity contribution in [3.63, 3.8) is 0 Å². The molecule has 2 aromatic carbocycles. The maximum Gasteiger partial charge on any atom is 0.408 e. The number of alkyl carbamates (subject to hydrolysis) is 1. The van der Waals surface area contributed by atoms with E-state index in [2.05, 4.69) is 5.32 Å². The molecule has 0 spiro atoms. The van der Waals surface area contributed by atoms with Crippen molar-refractivity contribution in [2.24, 2.45) is 16.7 Å². The fourth-order valence-corrected chi connectivity index (χ4v) is 9.55. The van der Waals surface area contributed by atoms with Gasteiger partial charge < -0.3 is 44.3 Å². The van der Waals surface area contributed by atoms with Crippen LogP contribution in [0.15, 0.2) is 71.8 Å². The van der Waals surface area contributed by atoms with E-state index in [4.69, 9.17) is 23.7 Å². The number of esters is 3. The molecule has 320 valence electrons. The van der Waals surface area contributed by atoms with Gasteiger partial charge in [-0.1, -0.05) is 62.4 Å². The van der Waals surface area contributed by atoms with Gasteiger partial charge in [0.2, 0.25) is 0 Å². The van der Waals surface area contributed by atoms with Gasteiger partial charge in [0.05, 0.1) is 29.6 Å². The van der Waals surface area contributed by atoms with E-state index < -0.39 is 112 Å². The zero-order valence-corrected chi connectivity index (χ0v) is 34.1. The molecular formula is C43H51F2NO13. The van der Waals surface area contributed by atoms with Crippen LogP contribution in [0.1, 0.15) is 90.2 Å². The van der Waals surface area contributed by atoms with Crippen LogP contribution < -0.4 is 5.32 Å². The van der Waals surface area contributed by atoms with Crippen molar-refractivity contribution < 1.29 is 71.8 Å². The van der Waals surface area contributed by atoms with Crippen molar-refractivity contribution in [3.8, 4) is 0 Å². The van der Waals surface area contributed by atoms with E-state index in [0.29, 0.717) is 0 Å². The SMILES string of the molecule is CC(=O)O[C@@]12CO[C@@H]1C[C@H](O)[C@@]1(C)C(=O)[C@H](O)C3=C(C)[C@@H](OC(=O)C(F)(F)C(NC(=O)OC(C)(C)C)c4ccccc4)C[C@@](O)([C@@H](OC(=O)c4ccccc4)[C@H]21)C3(C)C. The second kappa shape index (κ2) is 15.0. The Morgan fingerprint density at radius 1 is 0.949 bits per heavy atom. The van der Waals surface area contributed by atoms with Crippen LogP contribution in [0.3, 0.4) is 0 Å². The highest BCUT2D eigenvalue weighted by Crippen LogP contribution is 2.64. The Hall–Kier alpha value is -4.77. The molecule has 10 atom stereocenters. The maximum absolute atomic E-state index is 16.6. The molecule has 4 aliphatic rings. The minimum Gasteiger partial charge on any atom is -0.455 e. The molecule has 16 heteroatoms. The van der Waals surface area contributed by atoms with Gasteiger partial charge in [-0.15, -0.1) is 0 Å². The monoisotopic (exact) mass is 827 g/mol. The lowest BCUT2D eigenvalue weighted by Gasteiger charge is -2.67. The van der Waals surface area contributed by atoms with Gasteiger partial charge in [-0.2, -0.15) is 8.78 Å². The smallest absolute Gasteiger partial charge is 0.408 e. The first-order chi connectivity index (χ1) is 27.3. The molecule has 14 nitrogen and oxygen atoms in total. The van der Waals surface area contributed by atoms with Gasteiger partial charge in [0.1, 0.15) is 41.7 Å². The van der Waals surface area contributed by atoms with Crippen molar-refractivity contribution in [1.29, 1.82) is 0 Å². The first kappa shape index (κ1) is 43.8. The topological polar surface area (TPSA) is 204 Å². The van der Waals surface area contributed by atoms with E-state index in [9.17, 15) is 39.3 Å². The molecule has 4 N–H and O–H groups in total. The number of benzene rings is 2. The number of ketones is 1. The number of hydrogen-bond acceptors (Lipinski definition) is 13. The average molecular weight is 828 g/mol. The highest BCUT2D eigenvalue weighted by Gasteiger charge is 2.78. The number of aliphatic hydroxyl groups is 3. The minimum absolute atomic E-state index is 0.0122. The number of Topliss-reactive ketones (excluding diaryl/α,β-unsaturated/α-hetero) is 1. The number of hydrogen-bond donors (Lipinski definition) is 4. The zero-order chi connectivity index (χ0) is 43.7. The Balaban J connectivity index is 1.51. The summed E-state index contributed by atoms with van der Waals surface area (Å²) >= 11 is 0. The molecule has 3 fully saturated rings. The van der Waals surface area contributed by atoms with Gasteiger partial charge in [0, 0.05) is 25.2 Å². The third-order valence-corrected chi connectivity index (χ3v) is 12.6. The number of aliphatic hydroxyl groups excluding tert-OH is 2. The number of carbonyl (C=O) groups excluding carboxylic acids is 5. The van der Waals surface area contributed by atoms with E-state index in [1.54, 1.807) is 24.3 Å². The average Bonchev–Trinajstić information content (AvgIpc) is 3.15.